The Kier molecular flexibility index (Phi) is 7.43. The lowest BCUT2D eigenvalue weighted by molar-refractivity contribution is -0.143. The minimum Gasteiger partial charge on any atom is -0.482 e. The highest BCUT2D eigenvalue weighted by Gasteiger charge is 2.25. The Morgan fingerprint density at radius 2 is 1.87 bits per heavy atom. The van der Waals surface area contributed by atoms with Crippen LogP contribution in [0.4, 0.5) is 5.69 Å². The minimum atomic E-state index is -0.416. The summed E-state index contributed by atoms with van der Waals surface area (Å²) in [6.07, 6.45) is 1.12. The van der Waals surface area contributed by atoms with Crippen LogP contribution >= 0.6 is 0 Å². The number of hydrogen-bond donors (Lipinski definition) is 1. The van der Waals surface area contributed by atoms with Crippen LogP contribution in [-0.4, -0.2) is 44.1 Å². The summed E-state index contributed by atoms with van der Waals surface area (Å²) in [7, 11) is 0. The van der Waals surface area contributed by atoms with Crippen LogP contribution in [0.2, 0.25) is 0 Å². The maximum Gasteiger partial charge on any atom is 0.307 e. The number of anilines is 1. The molecule has 3 rings (SSSR count). The molecule has 1 aliphatic heterocycles. The maximum atomic E-state index is 12.1. The summed E-state index contributed by atoms with van der Waals surface area (Å²) in [5.41, 5.74) is 2.95. The van der Waals surface area contributed by atoms with Crippen LogP contribution in [0.1, 0.15) is 24.0 Å². The lowest BCUT2D eigenvalue weighted by Gasteiger charge is -2.28. The molecule has 158 valence electrons. The van der Waals surface area contributed by atoms with Crippen LogP contribution in [0.5, 0.6) is 5.75 Å². The number of para-hydroxylation sites is 2. The van der Waals surface area contributed by atoms with E-state index in [1.54, 1.807) is 12.1 Å². The number of hydrogen-bond acceptors (Lipinski definition) is 5. The number of aryl methyl sites for hydroxylation is 2. The number of nitrogens with zero attached hydrogens (tertiary/aromatic N) is 1. The molecule has 1 heterocycles. The van der Waals surface area contributed by atoms with Crippen LogP contribution in [0.15, 0.2) is 48.5 Å². The molecule has 7 heteroatoms. The third kappa shape index (κ3) is 6.07. The summed E-state index contributed by atoms with van der Waals surface area (Å²) >= 11 is 0. The van der Waals surface area contributed by atoms with E-state index in [0.29, 0.717) is 24.3 Å². The predicted molar refractivity (Wildman–Crippen MR) is 112 cm³/mol. The van der Waals surface area contributed by atoms with Gasteiger partial charge in [0.05, 0.1) is 18.7 Å². The van der Waals surface area contributed by atoms with E-state index in [1.165, 1.54) is 10.5 Å². The topological polar surface area (TPSA) is 84.9 Å². The highest BCUT2D eigenvalue weighted by Crippen LogP contribution is 2.31. The fourth-order valence-corrected chi connectivity index (χ4v) is 3.13. The average molecular weight is 410 g/mol. The fourth-order valence-electron chi connectivity index (χ4n) is 3.13. The molecule has 0 spiro atoms. The normalized spacial score (nSPS) is 12.7. The molecule has 1 aliphatic rings. The molecule has 0 saturated carbocycles. The van der Waals surface area contributed by atoms with Crippen molar-refractivity contribution in [2.24, 2.45) is 0 Å². The summed E-state index contributed by atoms with van der Waals surface area (Å²) < 4.78 is 10.5. The van der Waals surface area contributed by atoms with Gasteiger partial charge in [-0.2, -0.15) is 0 Å². The Bertz CT molecular complexity index is 895. The number of rotatable bonds is 9. The van der Waals surface area contributed by atoms with E-state index in [1.807, 2.05) is 43.3 Å². The van der Waals surface area contributed by atoms with Gasteiger partial charge in [0.25, 0.3) is 5.91 Å². The highest BCUT2D eigenvalue weighted by atomic mass is 16.5. The summed E-state index contributed by atoms with van der Waals surface area (Å²) in [4.78, 5) is 37.5. The van der Waals surface area contributed by atoms with Crippen LogP contribution in [0, 0.1) is 6.92 Å². The van der Waals surface area contributed by atoms with Gasteiger partial charge in [-0.05, 0) is 31.0 Å². The Balaban J connectivity index is 1.32. The molecule has 0 saturated heterocycles. The summed E-state index contributed by atoms with van der Waals surface area (Å²) in [6.45, 7) is 2.57. The Morgan fingerprint density at radius 1 is 1.10 bits per heavy atom. The molecule has 0 fully saturated rings. The zero-order valence-corrected chi connectivity index (χ0v) is 17.1. The van der Waals surface area contributed by atoms with Gasteiger partial charge in [0.1, 0.15) is 12.4 Å². The molecule has 7 nitrogen and oxygen atoms in total. The average Bonchev–Trinajstić information content (AvgIpc) is 2.75. The second-order valence-electron chi connectivity index (χ2n) is 7.11. The molecule has 2 aromatic rings. The number of fused-ring (bicyclic) bond motifs is 1. The Hall–Kier alpha value is -3.35. The molecule has 2 aromatic carbocycles. The van der Waals surface area contributed by atoms with Gasteiger partial charge in [0, 0.05) is 13.0 Å². The van der Waals surface area contributed by atoms with E-state index in [-0.39, 0.29) is 44.5 Å². The first-order chi connectivity index (χ1) is 14.5. The first-order valence-electron chi connectivity index (χ1n) is 10.0. The standard InChI is InChI=1S/C23H26N2O5/c1-17-6-8-18(9-7-17)10-11-21(26)24-13-15-29-23(28)12-14-25-19-4-2-3-5-20(19)30-16-22(25)27/h2-9H,10-16H2,1H3,(H,24,26). The Labute approximate surface area is 176 Å². The van der Waals surface area contributed by atoms with E-state index in [0.717, 1.165) is 5.56 Å². The molecule has 1 N–H and O–H groups in total. The van der Waals surface area contributed by atoms with Crippen molar-refractivity contribution in [3.63, 3.8) is 0 Å². The number of carbonyl (C=O) groups excluding carboxylic acids is 3. The van der Waals surface area contributed by atoms with Gasteiger partial charge in [-0.15, -0.1) is 0 Å². The first-order valence-corrected chi connectivity index (χ1v) is 10.0. The monoisotopic (exact) mass is 410 g/mol. The number of esters is 1. The van der Waals surface area contributed by atoms with Gasteiger partial charge in [0.15, 0.2) is 6.61 Å². The smallest absolute Gasteiger partial charge is 0.307 e. The summed E-state index contributed by atoms with van der Waals surface area (Å²) in [5.74, 6) is -0.0658. The number of benzene rings is 2. The number of nitrogens with one attached hydrogen (secondary N) is 1. The minimum absolute atomic E-state index is 0.0410. The van der Waals surface area contributed by atoms with Gasteiger partial charge < -0.3 is 19.7 Å². The third-order valence-corrected chi connectivity index (χ3v) is 4.80. The van der Waals surface area contributed by atoms with E-state index >= 15 is 0 Å². The molecular formula is C23H26N2O5. The summed E-state index contributed by atoms with van der Waals surface area (Å²) in [6, 6.07) is 15.3. The van der Waals surface area contributed by atoms with E-state index in [4.69, 9.17) is 9.47 Å². The number of ether oxygens (including phenoxy) is 2. The lowest BCUT2D eigenvalue weighted by atomic mass is 10.1. The van der Waals surface area contributed by atoms with Crippen LogP contribution in [0.25, 0.3) is 0 Å². The van der Waals surface area contributed by atoms with Gasteiger partial charge in [-0.1, -0.05) is 42.0 Å². The number of carbonyl (C=O) groups is 3. The third-order valence-electron chi connectivity index (χ3n) is 4.80. The molecule has 0 atom stereocenters. The Morgan fingerprint density at radius 3 is 2.67 bits per heavy atom. The van der Waals surface area contributed by atoms with Crippen molar-refractivity contribution in [3.8, 4) is 5.75 Å². The van der Waals surface area contributed by atoms with Crippen molar-refractivity contribution in [1.29, 1.82) is 0 Å². The molecule has 2 amide bonds. The van der Waals surface area contributed by atoms with Crippen molar-refractivity contribution >= 4 is 23.5 Å². The van der Waals surface area contributed by atoms with Crippen LogP contribution in [-0.2, 0) is 25.5 Å². The second-order valence-corrected chi connectivity index (χ2v) is 7.11. The van der Waals surface area contributed by atoms with Crippen molar-refractivity contribution in [3.05, 3.63) is 59.7 Å². The molecular weight excluding hydrogens is 384 g/mol. The SMILES string of the molecule is Cc1ccc(CCC(=O)NCCOC(=O)CCN2C(=O)COc3ccccc32)cc1. The largest absolute Gasteiger partial charge is 0.482 e. The number of amides is 2. The van der Waals surface area contributed by atoms with Crippen molar-refractivity contribution < 1.29 is 23.9 Å². The molecule has 0 unspecified atom stereocenters. The molecule has 0 bridgehead atoms. The maximum absolute atomic E-state index is 12.1. The van der Waals surface area contributed by atoms with Gasteiger partial charge in [-0.3, -0.25) is 14.4 Å². The van der Waals surface area contributed by atoms with Crippen molar-refractivity contribution in [1.82, 2.24) is 5.32 Å². The predicted octanol–water partition coefficient (Wildman–Crippen LogP) is 2.40. The lowest BCUT2D eigenvalue weighted by Crippen LogP contribution is -2.40. The van der Waals surface area contributed by atoms with Crippen molar-refractivity contribution in [2.75, 3.05) is 31.2 Å². The van der Waals surface area contributed by atoms with Crippen molar-refractivity contribution in [2.45, 2.75) is 26.2 Å². The molecule has 0 aromatic heterocycles. The molecule has 0 radical (unpaired) electrons. The quantitative estimate of drug-likeness (QED) is 0.507. The summed E-state index contributed by atoms with van der Waals surface area (Å²) in [5, 5.41) is 2.75. The van der Waals surface area contributed by atoms with Crippen LogP contribution in [0.3, 0.4) is 0 Å². The second kappa shape index (κ2) is 10.4. The first kappa shape index (κ1) is 21.4. The van der Waals surface area contributed by atoms with Gasteiger partial charge in [-0.25, -0.2) is 0 Å². The molecule has 0 aliphatic carbocycles. The van der Waals surface area contributed by atoms with E-state index in [2.05, 4.69) is 5.32 Å². The zero-order valence-electron chi connectivity index (χ0n) is 17.1. The van der Waals surface area contributed by atoms with Gasteiger partial charge >= 0.3 is 5.97 Å². The van der Waals surface area contributed by atoms with E-state index < -0.39 is 5.97 Å². The molecule has 30 heavy (non-hydrogen) atoms. The van der Waals surface area contributed by atoms with Crippen LogP contribution < -0.4 is 15.0 Å². The fraction of sp³-hybridized carbons (Fsp3) is 0.348. The van der Waals surface area contributed by atoms with E-state index in [9.17, 15) is 14.4 Å². The van der Waals surface area contributed by atoms with Gasteiger partial charge in [0.2, 0.25) is 5.91 Å². The highest BCUT2D eigenvalue weighted by molar-refractivity contribution is 5.98. The zero-order chi connectivity index (χ0) is 21.3.